The van der Waals surface area contributed by atoms with Crippen molar-refractivity contribution in [3.8, 4) is 0 Å². The fourth-order valence-electron chi connectivity index (χ4n) is 1.07. The van der Waals surface area contributed by atoms with Crippen molar-refractivity contribution in [2.45, 2.75) is 32.7 Å². The van der Waals surface area contributed by atoms with Crippen LogP contribution in [0.25, 0.3) is 0 Å². The van der Waals surface area contributed by atoms with Crippen LogP contribution in [0.1, 0.15) is 25.8 Å². The Labute approximate surface area is 118 Å². The van der Waals surface area contributed by atoms with Gasteiger partial charge in [-0.05, 0) is 32.4 Å². The van der Waals surface area contributed by atoms with Gasteiger partial charge in [-0.1, -0.05) is 37.3 Å². The first-order chi connectivity index (χ1) is 8.97. The second-order valence-electron chi connectivity index (χ2n) is 3.99. The maximum atomic E-state index is 10.7. The molecule has 0 spiro atoms. The molecule has 0 heterocycles. The Balaban J connectivity index is 0. The van der Waals surface area contributed by atoms with Crippen molar-refractivity contribution in [3.05, 3.63) is 35.9 Å². The van der Waals surface area contributed by atoms with E-state index in [-0.39, 0.29) is 6.67 Å². The molecule has 0 amide bonds. The van der Waals surface area contributed by atoms with Gasteiger partial charge >= 0.3 is 0 Å². The van der Waals surface area contributed by atoms with E-state index in [4.69, 9.17) is 8.76 Å². The molecule has 0 bridgehead atoms. The summed E-state index contributed by atoms with van der Waals surface area (Å²) in [6, 6.07) is 11.1. The predicted molar refractivity (Wildman–Crippen MR) is 81.6 cm³/mol. The molecule has 0 aliphatic rings. The second kappa shape index (κ2) is 15.3. The highest BCUT2D eigenvalue weighted by Crippen LogP contribution is 2.01. The Kier molecular flexibility index (Phi) is 16.5. The van der Waals surface area contributed by atoms with Gasteiger partial charge in [0.05, 0.1) is 6.67 Å². The quantitative estimate of drug-likeness (QED) is 0.838. The lowest BCUT2D eigenvalue weighted by Gasteiger charge is -2.08. The third-order valence-electron chi connectivity index (χ3n) is 2.07. The average molecular weight is 291 g/mol. The van der Waals surface area contributed by atoms with Crippen molar-refractivity contribution in [1.29, 1.82) is 0 Å². The number of rotatable bonds is 4. The highest BCUT2D eigenvalue weighted by atomic mass is 32.2. The highest BCUT2D eigenvalue weighted by molar-refractivity contribution is 7.78. The third-order valence-corrected chi connectivity index (χ3v) is 2.07. The van der Waals surface area contributed by atoms with Gasteiger partial charge in [0.2, 0.25) is 0 Å². The molecule has 5 heteroatoms. The van der Waals surface area contributed by atoms with Crippen LogP contribution in [-0.2, 0) is 17.5 Å². The fourth-order valence-corrected chi connectivity index (χ4v) is 1.07. The zero-order valence-electron chi connectivity index (χ0n) is 12.2. The molecule has 0 aliphatic carbocycles. The van der Waals surface area contributed by atoms with E-state index < -0.39 is 11.1 Å². The second-order valence-corrected chi connectivity index (χ2v) is 4.84. The van der Waals surface area contributed by atoms with Gasteiger partial charge in [0.25, 0.3) is 0 Å². The molecule has 0 fully saturated rings. The Morgan fingerprint density at radius 2 is 1.79 bits per heavy atom. The molecule has 2 N–H and O–H groups in total. The standard InChI is InChI=1S/C10H15N.C3H7F.CH4O2S/c1-9(11-2)8-10-6-4-3-5-7-10;1-2-3-4;1-4(2)3/h3-7,9,11H,8H2,1-2H3;2-3H2,1H3;1H3,(H,2,3). The van der Waals surface area contributed by atoms with Gasteiger partial charge in [-0.15, -0.1) is 0 Å². The van der Waals surface area contributed by atoms with Gasteiger partial charge in [0, 0.05) is 12.3 Å². The molecule has 0 aromatic heterocycles. The largest absolute Gasteiger partial charge is 0.317 e. The smallest absolute Gasteiger partial charge is 0.149 e. The summed E-state index contributed by atoms with van der Waals surface area (Å²) in [5, 5.41) is 3.21. The zero-order chi connectivity index (χ0) is 15.1. The SMILES string of the molecule is CCCF.CNC(C)Cc1ccccc1.CS(=O)O. The van der Waals surface area contributed by atoms with Crippen LogP contribution in [0, 0.1) is 0 Å². The first kappa shape index (κ1) is 20.5. The molecule has 0 radical (unpaired) electrons. The molecule has 1 aromatic carbocycles. The van der Waals surface area contributed by atoms with E-state index >= 15 is 0 Å². The van der Waals surface area contributed by atoms with Crippen LogP contribution >= 0.6 is 0 Å². The maximum Gasteiger partial charge on any atom is 0.149 e. The number of halogens is 1. The summed E-state index contributed by atoms with van der Waals surface area (Å²) in [7, 11) is 1.99. The fraction of sp³-hybridized carbons (Fsp3) is 0.571. The van der Waals surface area contributed by atoms with Gasteiger partial charge in [0.1, 0.15) is 11.1 Å². The molecule has 112 valence electrons. The summed E-state index contributed by atoms with van der Waals surface area (Å²) >= 11 is -1.61. The summed E-state index contributed by atoms with van der Waals surface area (Å²) < 4.78 is 27.4. The van der Waals surface area contributed by atoms with Crippen molar-refractivity contribution < 1.29 is 13.2 Å². The summed E-state index contributed by atoms with van der Waals surface area (Å²) in [6.45, 7) is 3.81. The summed E-state index contributed by atoms with van der Waals surface area (Å²) in [5.41, 5.74) is 1.40. The van der Waals surface area contributed by atoms with E-state index in [0.29, 0.717) is 12.5 Å². The average Bonchev–Trinajstić information content (AvgIpc) is 2.39. The van der Waals surface area contributed by atoms with Gasteiger partial charge in [-0.2, -0.15) is 0 Å². The van der Waals surface area contributed by atoms with Gasteiger partial charge < -0.3 is 9.87 Å². The van der Waals surface area contributed by atoms with Crippen molar-refractivity contribution in [2.24, 2.45) is 0 Å². The first-order valence-corrected chi connectivity index (χ1v) is 7.79. The highest BCUT2D eigenvalue weighted by Gasteiger charge is 1.97. The number of hydrogen-bond donors (Lipinski definition) is 2. The topological polar surface area (TPSA) is 49.3 Å². The number of benzene rings is 1. The molecule has 2 unspecified atom stereocenters. The molecule has 1 rings (SSSR count). The molecule has 0 saturated carbocycles. The van der Waals surface area contributed by atoms with Crippen molar-refractivity contribution in [1.82, 2.24) is 5.32 Å². The zero-order valence-corrected chi connectivity index (χ0v) is 13.0. The Morgan fingerprint density at radius 3 is 2.11 bits per heavy atom. The van der Waals surface area contributed by atoms with Crippen LogP contribution in [0.3, 0.4) is 0 Å². The Bertz CT molecular complexity index is 304. The van der Waals surface area contributed by atoms with Gasteiger partial charge in [0.15, 0.2) is 0 Å². The van der Waals surface area contributed by atoms with Crippen LogP contribution in [0.4, 0.5) is 4.39 Å². The number of hydrogen-bond acceptors (Lipinski definition) is 2. The van der Waals surface area contributed by atoms with E-state index in [1.807, 2.05) is 13.1 Å². The predicted octanol–water partition coefficient (Wildman–Crippen LogP) is 3.04. The van der Waals surface area contributed by atoms with E-state index in [9.17, 15) is 4.39 Å². The molecular formula is C14H26FNO2S. The van der Waals surface area contributed by atoms with Crippen LogP contribution in [0.15, 0.2) is 30.3 Å². The van der Waals surface area contributed by atoms with Crippen molar-refractivity contribution in [2.75, 3.05) is 20.0 Å². The van der Waals surface area contributed by atoms with Gasteiger partial charge in [-0.3, -0.25) is 4.39 Å². The minimum Gasteiger partial charge on any atom is -0.317 e. The maximum absolute atomic E-state index is 10.7. The van der Waals surface area contributed by atoms with E-state index in [1.54, 1.807) is 6.92 Å². The number of likely N-dealkylation sites (N-methyl/N-ethyl adjacent to an activating group) is 1. The first-order valence-electron chi connectivity index (χ1n) is 6.27. The minimum absolute atomic E-state index is 0.181. The minimum atomic E-state index is -1.61. The normalized spacial score (nSPS) is 12.3. The van der Waals surface area contributed by atoms with E-state index in [1.165, 1.54) is 11.8 Å². The van der Waals surface area contributed by atoms with Crippen LogP contribution in [0.2, 0.25) is 0 Å². The monoisotopic (exact) mass is 291 g/mol. The molecule has 1 aromatic rings. The third kappa shape index (κ3) is 19.7. The Hall–Kier alpha value is -0.780. The summed E-state index contributed by atoms with van der Waals surface area (Å²) in [4.78, 5) is 0. The van der Waals surface area contributed by atoms with Crippen molar-refractivity contribution in [3.63, 3.8) is 0 Å². The lowest BCUT2D eigenvalue weighted by atomic mass is 10.1. The molecule has 3 nitrogen and oxygen atoms in total. The van der Waals surface area contributed by atoms with E-state index in [2.05, 4.69) is 36.5 Å². The molecular weight excluding hydrogens is 265 g/mol. The summed E-state index contributed by atoms with van der Waals surface area (Å²) in [6.07, 6.45) is 2.96. The molecule has 0 aliphatic heterocycles. The summed E-state index contributed by atoms with van der Waals surface area (Å²) in [5.74, 6) is 0. The van der Waals surface area contributed by atoms with E-state index in [0.717, 1.165) is 6.42 Å². The van der Waals surface area contributed by atoms with Crippen molar-refractivity contribution >= 4 is 11.1 Å². The number of alkyl halides is 1. The van der Waals surface area contributed by atoms with Crippen LogP contribution in [0.5, 0.6) is 0 Å². The number of nitrogens with one attached hydrogen (secondary N) is 1. The Morgan fingerprint density at radius 1 is 1.37 bits per heavy atom. The molecule has 19 heavy (non-hydrogen) atoms. The lowest BCUT2D eigenvalue weighted by Crippen LogP contribution is -2.23. The lowest BCUT2D eigenvalue weighted by molar-refractivity contribution is 0.487. The molecule has 0 saturated heterocycles. The van der Waals surface area contributed by atoms with Gasteiger partial charge in [-0.25, -0.2) is 4.21 Å². The molecule has 2 atom stereocenters. The van der Waals surface area contributed by atoms with Crippen LogP contribution < -0.4 is 5.32 Å². The van der Waals surface area contributed by atoms with Crippen LogP contribution in [-0.4, -0.2) is 34.8 Å².